The number of hydrogen-bond donors (Lipinski definition) is 1. The van der Waals surface area contributed by atoms with E-state index < -0.39 is 11.7 Å². The van der Waals surface area contributed by atoms with Crippen molar-refractivity contribution in [1.82, 2.24) is 5.32 Å². The van der Waals surface area contributed by atoms with Crippen LogP contribution in [0.15, 0.2) is 42.5 Å². The van der Waals surface area contributed by atoms with Crippen molar-refractivity contribution in [3.8, 4) is 11.5 Å². The van der Waals surface area contributed by atoms with E-state index in [2.05, 4.69) is 5.32 Å². The van der Waals surface area contributed by atoms with Crippen LogP contribution in [-0.2, 0) is 12.7 Å². The normalized spacial score (nSPS) is 11.5. The van der Waals surface area contributed by atoms with Crippen molar-refractivity contribution in [2.75, 3.05) is 7.05 Å². The molecule has 0 saturated carbocycles. The first-order chi connectivity index (χ1) is 9.91. The van der Waals surface area contributed by atoms with Crippen LogP contribution in [-0.4, -0.2) is 7.05 Å². The summed E-state index contributed by atoms with van der Waals surface area (Å²) in [5.74, 6) is -0.0820. The molecule has 6 heteroatoms. The van der Waals surface area contributed by atoms with Crippen molar-refractivity contribution >= 4 is 11.6 Å². The van der Waals surface area contributed by atoms with Gasteiger partial charge < -0.3 is 10.1 Å². The average Bonchev–Trinajstić information content (AvgIpc) is 2.42. The molecule has 0 spiro atoms. The number of ether oxygens (including phenoxy) is 1. The highest BCUT2D eigenvalue weighted by Crippen LogP contribution is 2.39. The van der Waals surface area contributed by atoms with E-state index in [9.17, 15) is 13.2 Å². The fourth-order valence-corrected chi connectivity index (χ4v) is 2.09. The number of hydrogen-bond acceptors (Lipinski definition) is 2. The third-order valence-corrected chi connectivity index (χ3v) is 3.08. The molecule has 0 aromatic heterocycles. The molecule has 0 fully saturated rings. The van der Waals surface area contributed by atoms with Gasteiger partial charge in [-0.25, -0.2) is 0 Å². The van der Waals surface area contributed by atoms with Crippen molar-refractivity contribution < 1.29 is 17.9 Å². The van der Waals surface area contributed by atoms with Gasteiger partial charge in [0.15, 0.2) is 0 Å². The van der Waals surface area contributed by atoms with Gasteiger partial charge in [0.25, 0.3) is 0 Å². The van der Waals surface area contributed by atoms with Crippen molar-refractivity contribution in [2.45, 2.75) is 12.7 Å². The Hall–Kier alpha value is -1.72. The maximum Gasteiger partial charge on any atom is 0.419 e. The highest BCUT2D eigenvalue weighted by molar-refractivity contribution is 6.32. The lowest BCUT2D eigenvalue weighted by Gasteiger charge is -2.14. The molecular formula is C15H13ClF3NO. The summed E-state index contributed by atoms with van der Waals surface area (Å²) >= 11 is 6.05. The maximum atomic E-state index is 12.9. The Balaban J connectivity index is 2.31. The third kappa shape index (κ3) is 3.89. The van der Waals surface area contributed by atoms with Crippen LogP contribution in [0, 0.1) is 0 Å². The molecule has 0 atom stereocenters. The second-order valence-electron chi connectivity index (χ2n) is 4.39. The van der Waals surface area contributed by atoms with Gasteiger partial charge in [-0.2, -0.15) is 13.2 Å². The zero-order chi connectivity index (χ0) is 15.5. The number of para-hydroxylation sites is 1. The van der Waals surface area contributed by atoms with Gasteiger partial charge in [-0.15, -0.1) is 0 Å². The van der Waals surface area contributed by atoms with E-state index in [4.69, 9.17) is 16.3 Å². The summed E-state index contributed by atoms with van der Waals surface area (Å²) in [6.07, 6.45) is -4.48. The number of benzene rings is 2. The van der Waals surface area contributed by atoms with Crippen LogP contribution in [0.5, 0.6) is 11.5 Å². The summed E-state index contributed by atoms with van der Waals surface area (Å²) in [7, 11) is 1.79. The van der Waals surface area contributed by atoms with Crippen LogP contribution in [0.1, 0.15) is 11.1 Å². The number of nitrogens with one attached hydrogen (secondary N) is 1. The second-order valence-corrected chi connectivity index (χ2v) is 4.80. The van der Waals surface area contributed by atoms with Crippen LogP contribution in [0.2, 0.25) is 5.02 Å². The predicted molar refractivity (Wildman–Crippen MR) is 75.7 cm³/mol. The Morgan fingerprint density at radius 2 is 1.81 bits per heavy atom. The van der Waals surface area contributed by atoms with Gasteiger partial charge in [0.05, 0.1) is 10.6 Å². The van der Waals surface area contributed by atoms with Crippen molar-refractivity contribution in [2.24, 2.45) is 0 Å². The lowest BCUT2D eigenvalue weighted by atomic mass is 10.2. The molecule has 0 bridgehead atoms. The lowest BCUT2D eigenvalue weighted by molar-refractivity contribution is -0.138. The molecule has 0 aliphatic carbocycles. The average molecular weight is 316 g/mol. The molecule has 112 valence electrons. The number of alkyl halides is 3. The standard InChI is InChI=1S/C15H13ClF3NO/c1-20-9-10-6-7-14(12(16)8-10)21-13-5-3-2-4-11(13)15(17,18)19/h2-8,20H,9H2,1H3. The van der Waals surface area contributed by atoms with Gasteiger partial charge >= 0.3 is 6.18 Å². The number of halogens is 4. The maximum absolute atomic E-state index is 12.9. The monoisotopic (exact) mass is 315 g/mol. The molecule has 2 aromatic rings. The molecule has 0 saturated heterocycles. The van der Waals surface area contributed by atoms with E-state index in [1.54, 1.807) is 25.2 Å². The van der Waals surface area contributed by atoms with Crippen molar-refractivity contribution in [3.05, 3.63) is 58.6 Å². The van der Waals surface area contributed by atoms with Gasteiger partial charge in [0.1, 0.15) is 11.5 Å². The third-order valence-electron chi connectivity index (χ3n) is 2.79. The molecule has 0 radical (unpaired) electrons. The summed E-state index contributed by atoms with van der Waals surface area (Å²) in [6.45, 7) is 0.610. The predicted octanol–water partition coefficient (Wildman–Crippen LogP) is 4.87. The molecule has 0 aliphatic rings. The molecule has 2 rings (SSSR count). The quantitative estimate of drug-likeness (QED) is 0.869. The van der Waals surface area contributed by atoms with Gasteiger partial charge in [0.2, 0.25) is 0 Å². The van der Waals surface area contributed by atoms with Gasteiger partial charge in [-0.3, -0.25) is 0 Å². The molecule has 21 heavy (non-hydrogen) atoms. The summed E-state index contributed by atoms with van der Waals surface area (Å²) < 4.78 is 44.0. The Kier molecular flexibility index (Phi) is 4.75. The zero-order valence-electron chi connectivity index (χ0n) is 11.2. The molecular weight excluding hydrogens is 303 g/mol. The lowest BCUT2D eigenvalue weighted by Crippen LogP contribution is -2.07. The van der Waals surface area contributed by atoms with Crippen LogP contribution in [0.3, 0.4) is 0 Å². The summed E-state index contributed by atoms with van der Waals surface area (Å²) in [5, 5.41) is 3.22. The van der Waals surface area contributed by atoms with E-state index >= 15 is 0 Å². The molecule has 2 aromatic carbocycles. The SMILES string of the molecule is CNCc1ccc(Oc2ccccc2C(F)(F)F)c(Cl)c1. The first-order valence-corrected chi connectivity index (χ1v) is 6.56. The fourth-order valence-electron chi connectivity index (χ4n) is 1.85. The Bertz CT molecular complexity index is 629. The first-order valence-electron chi connectivity index (χ1n) is 6.19. The van der Waals surface area contributed by atoms with E-state index in [0.29, 0.717) is 6.54 Å². The minimum Gasteiger partial charge on any atom is -0.455 e. The Labute approximate surface area is 125 Å². The van der Waals surface area contributed by atoms with Crippen LogP contribution in [0.25, 0.3) is 0 Å². The minimum absolute atomic E-state index is 0.188. The summed E-state index contributed by atoms with van der Waals surface area (Å²) in [4.78, 5) is 0. The Morgan fingerprint density at radius 3 is 2.43 bits per heavy atom. The fraction of sp³-hybridized carbons (Fsp3) is 0.200. The first kappa shape index (κ1) is 15.7. The largest absolute Gasteiger partial charge is 0.455 e. The van der Waals surface area contributed by atoms with E-state index in [1.165, 1.54) is 18.2 Å². The molecule has 0 aliphatic heterocycles. The summed E-state index contributed by atoms with van der Waals surface area (Å²) in [6, 6.07) is 9.99. The highest BCUT2D eigenvalue weighted by Gasteiger charge is 2.34. The van der Waals surface area contributed by atoms with Crippen molar-refractivity contribution in [1.29, 1.82) is 0 Å². The molecule has 2 nitrogen and oxygen atoms in total. The second kappa shape index (κ2) is 6.37. The van der Waals surface area contributed by atoms with Crippen LogP contribution < -0.4 is 10.1 Å². The summed E-state index contributed by atoms with van der Waals surface area (Å²) in [5.41, 5.74) is 0.0827. The molecule has 1 N–H and O–H groups in total. The highest BCUT2D eigenvalue weighted by atomic mass is 35.5. The van der Waals surface area contributed by atoms with E-state index in [1.807, 2.05) is 0 Å². The van der Waals surface area contributed by atoms with Gasteiger partial charge in [0, 0.05) is 6.54 Å². The van der Waals surface area contributed by atoms with E-state index in [-0.39, 0.29) is 16.5 Å². The zero-order valence-corrected chi connectivity index (χ0v) is 11.9. The molecule has 0 heterocycles. The minimum atomic E-state index is -4.48. The van der Waals surface area contributed by atoms with Crippen LogP contribution in [0.4, 0.5) is 13.2 Å². The Morgan fingerprint density at radius 1 is 1.10 bits per heavy atom. The van der Waals surface area contributed by atoms with Gasteiger partial charge in [-0.1, -0.05) is 29.8 Å². The molecule has 0 amide bonds. The smallest absolute Gasteiger partial charge is 0.419 e. The van der Waals surface area contributed by atoms with Crippen LogP contribution >= 0.6 is 11.6 Å². The molecule has 0 unspecified atom stereocenters. The number of rotatable bonds is 4. The van der Waals surface area contributed by atoms with E-state index in [0.717, 1.165) is 11.6 Å². The van der Waals surface area contributed by atoms with Gasteiger partial charge in [-0.05, 0) is 36.9 Å². The topological polar surface area (TPSA) is 21.3 Å². The van der Waals surface area contributed by atoms with Crippen molar-refractivity contribution in [3.63, 3.8) is 0 Å².